The second-order valence-electron chi connectivity index (χ2n) is 19.5. The van der Waals surface area contributed by atoms with Crippen molar-refractivity contribution in [3.63, 3.8) is 0 Å². The van der Waals surface area contributed by atoms with Crippen molar-refractivity contribution in [2.24, 2.45) is 0 Å². The number of rotatable bonds is 53. The molecule has 414 valence electrons. The normalized spacial score (nSPS) is 13.0. The molecule has 0 aromatic heterocycles. The van der Waals surface area contributed by atoms with Crippen LogP contribution < -0.4 is 0 Å². The molecule has 1 unspecified atom stereocenters. The van der Waals surface area contributed by atoms with Gasteiger partial charge in [0.25, 0.3) is 0 Å². The first-order valence-electron chi connectivity index (χ1n) is 30.0. The van der Waals surface area contributed by atoms with Crippen molar-refractivity contribution in [2.45, 2.75) is 271 Å². The Morgan fingerprint density at radius 2 is 0.534 bits per heavy atom. The van der Waals surface area contributed by atoms with Crippen molar-refractivity contribution in [3.8, 4) is 0 Å². The van der Waals surface area contributed by atoms with Gasteiger partial charge >= 0.3 is 17.9 Å². The van der Waals surface area contributed by atoms with Crippen LogP contribution in [0.4, 0.5) is 0 Å². The van der Waals surface area contributed by atoms with Crippen LogP contribution in [0, 0.1) is 0 Å². The SMILES string of the molecule is CC/C=C\C/C=C\C/C=C\C/C=C\C/C=C\CCCCCCCC(=O)OCC(COC(=O)CCCCCCCCCCCCCCC)OC(=O)CCCCCCC/C=C\C/C=C\C/C=C\C/C=C\C/C=C\CC. The first-order chi connectivity index (χ1) is 36.0. The van der Waals surface area contributed by atoms with E-state index in [1.54, 1.807) is 0 Å². The molecule has 0 fully saturated rings. The molecule has 0 aromatic carbocycles. The molecule has 0 aliphatic heterocycles. The zero-order valence-electron chi connectivity index (χ0n) is 47.4. The van der Waals surface area contributed by atoms with Gasteiger partial charge in [-0.1, -0.05) is 258 Å². The summed E-state index contributed by atoms with van der Waals surface area (Å²) in [7, 11) is 0. The van der Waals surface area contributed by atoms with Gasteiger partial charge in [0.05, 0.1) is 0 Å². The van der Waals surface area contributed by atoms with E-state index < -0.39 is 6.10 Å². The summed E-state index contributed by atoms with van der Waals surface area (Å²) in [6.45, 7) is 6.39. The summed E-state index contributed by atoms with van der Waals surface area (Å²) in [5, 5.41) is 0. The van der Waals surface area contributed by atoms with Crippen molar-refractivity contribution in [2.75, 3.05) is 13.2 Å². The molecule has 73 heavy (non-hydrogen) atoms. The van der Waals surface area contributed by atoms with Gasteiger partial charge in [0, 0.05) is 19.3 Å². The first kappa shape index (κ1) is 68.8. The van der Waals surface area contributed by atoms with Gasteiger partial charge < -0.3 is 14.2 Å². The third kappa shape index (κ3) is 58.6. The number of unbranched alkanes of at least 4 members (excludes halogenated alkanes) is 22. The molecule has 0 radical (unpaired) electrons. The predicted molar refractivity (Wildman–Crippen MR) is 316 cm³/mol. The second-order valence-corrected chi connectivity index (χ2v) is 19.5. The molecule has 1 atom stereocenters. The Bertz CT molecular complexity index is 1540. The van der Waals surface area contributed by atoms with Crippen LogP contribution >= 0.6 is 0 Å². The maximum Gasteiger partial charge on any atom is 0.306 e. The molecule has 0 spiro atoms. The van der Waals surface area contributed by atoms with Crippen LogP contribution in [0.1, 0.15) is 265 Å². The standard InChI is InChI=1S/C67H110O6/c1-4-7-10-13-16-19-22-25-27-29-31-33-35-37-39-42-45-48-51-54-57-60-66(69)72-63-64(62-71-65(68)59-56-53-50-47-44-41-24-21-18-15-12-9-6-3)73-67(70)61-58-55-52-49-46-43-40-38-36-34-32-30-28-26-23-20-17-14-11-8-5-2/h7-8,10-11,16-17,19-20,25-28,31-34,37-40,64H,4-6,9,12-15,18,21-24,29-30,35-36,41-63H2,1-3H3/b10-7-,11-8-,19-16-,20-17-,27-25-,28-26-,33-31-,34-32-,39-37-,40-38-. The topological polar surface area (TPSA) is 78.9 Å². The summed E-state index contributed by atoms with van der Waals surface area (Å²) in [6.07, 6.45) is 83.3. The Hall–Kier alpha value is -4.19. The van der Waals surface area contributed by atoms with Gasteiger partial charge in [0.1, 0.15) is 13.2 Å². The van der Waals surface area contributed by atoms with E-state index in [0.29, 0.717) is 19.3 Å². The van der Waals surface area contributed by atoms with Gasteiger partial charge in [-0.2, -0.15) is 0 Å². The van der Waals surface area contributed by atoms with Crippen LogP contribution in [-0.2, 0) is 28.6 Å². The van der Waals surface area contributed by atoms with Crippen LogP contribution in [0.25, 0.3) is 0 Å². The van der Waals surface area contributed by atoms with Crippen molar-refractivity contribution in [1.29, 1.82) is 0 Å². The summed E-state index contributed by atoms with van der Waals surface area (Å²) in [5.41, 5.74) is 0. The molecular weight excluding hydrogens is 901 g/mol. The molecule has 0 heterocycles. The quantitative estimate of drug-likeness (QED) is 0.0261. The Labute approximate surface area is 450 Å². The average molecular weight is 1010 g/mol. The highest BCUT2D eigenvalue weighted by Crippen LogP contribution is 2.15. The zero-order valence-corrected chi connectivity index (χ0v) is 47.4. The average Bonchev–Trinajstić information content (AvgIpc) is 3.39. The summed E-state index contributed by atoms with van der Waals surface area (Å²) in [5.74, 6) is -0.930. The van der Waals surface area contributed by atoms with Crippen LogP contribution in [-0.4, -0.2) is 37.2 Å². The predicted octanol–water partition coefficient (Wildman–Crippen LogP) is 20.4. The summed E-state index contributed by atoms with van der Waals surface area (Å²) < 4.78 is 16.9. The van der Waals surface area contributed by atoms with E-state index in [9.17, 15) is 14.4 Å². The number of hydrogen-bond acceptors (Lipinski definition) is 6. The number of carbonyl (C=O) groups excluding carboxylic acids is 3. The van der Waals surface area contributed by atoms with Crippen LogP contribution in [0.3, 0.4) is 0 Å². The van der Waals surface area contributed by atoms with E-state index in [1.165, 1.54) is 64.2 Å². The number of esters is 3. The van der Waals surface area contributed by atoms with Gasteiger partial charge in [0.2, 0.25) is 0 Å². The third-order valence-corrected chi connectivity index (χ3v) is 12.5. The molecule has 0 saturated heterocycles. The van der Waals surface area contributed by atoms with Gasteiger partial charge in [-0.25, -0.2) is 0 Å². The highest BCUT2D eigenvalue weighted by atomic mass is 16.6. The third-order valence-electron chi connectivity index (χ3n) is 12.5. The lowest BCUT2D eigenvalue weighted by atomic mass is 10.0. The molecule has 0 bridgehead atoms. The lowest BCUT2D eigenvalue weighted by molar-refractivity contribution is -0.167. The maximum absolute atomic E-state index is 12.9. The van der Waals surface area contributed by atoms with Gasteiger partial charge in [-0.3, -0.25) is 14.4 Å². The van der Waals surface area contributed by atoms with Crippen molar-refractivity contribution in [1.82, 2.24) is 0 Å². The molecular formula is C67H110O6. The lowest BCUT2D eigenvalue weighted by Crippen LogP contribution is -2.30. The fourth-order valence-electron chi connectivity index (χ4n) is 8.03. The molecule has 0 aliphatic rings. The Morgan fingerprint density at radius 1 is 0.288 bits per heavy atom. The molecule has 0 aliphatic carbocycles. The Kier molecular flexibility index (Phi) is 56.9. The van der Waals surface area contributed by atoms with E-state index in [1.807, 2.05) is 0 Å². The Morgan fingerprint density at radius 3 is 0.836 bits per heavy atom. The molecule has 6 heteroatoms. The van der Waals surface area contributed by atoms with Crippen LogP contribution in [0.5, 0.6) is 0 Å². The monoisotopic (exact) mass is 1010 g/mol. The van der Waals surface area contributed by atoms with Crippen LogP contribution in [0.2, 0.25) is 0 Å². The second kappa shape index (κ2) is 60.4. The summed E-state index contributed by atoms with van der Waals surface area (Å²) in [4.78, 5) is 38.2. The molecule has 6 nitrogen and oxygen atoms in total. The maximum atomic E-state index is 12.9. The van der Waals surface area contributed by atoms with E-state index in [2.05, 4.69) is 142 Å². The summed E-state index contributed by atoms with van der Waals surface area (Å²) in [6, 6.07) is 0. The molecule has 0 amide bonds. The number of carbonyl (C=O) groups is 3. The van der Waals surface area contributed by atoms with Crippen LogP contribution in [0.15, 0.2) is 122 Å². The van der Waals surface area contributed by atoms with Crippen molar-refractivity contribution < 1.29 is 28.6 Å². The highest BCUT2D eigenvalue weighted by Gasteiger charge is 2.19. The lowest BCUT2D eigenvalue weighted by Gasteiger charge is -2.18. The van der Waals surface area contributed by atoms with Gasteiger partial charge in [0.15, 0.2) is 6.10 Å². The molecule has 0 aromatic rings. The molecule has 0 rings (SSSR count). The van der Waals surface area contributed by atoms with E-state index in [-0.39, 0.29) is 31.1 Å². The zero-order chi connectivity index (χ0) is 52.9. The number of allylic oxidation sites excluding steroid dienone is 20. The Balaban J connectivity index is 4.46. The van der Waals surface area contributed by atoms with Crippen molar-refractivity contribution in [3.05, 3.63) is 122 Å². The van der Waals surface area contributed by atoms with Gasteiger partial charge in [-0.15, -0.1) is 0 Å². The minimum atomic E-state index is -0.800. The molecule has 0 saturated carbocycles. The molecule has 0 N–H and O–H groups in total. The summed E-state index contributed by atoms with van der Waals surface area (Å²) >= 11 is 0. The van der Waals surface area contributed by atoms with Crippen molar-refractivity contribution >= 4 is 17.9 Å². The van der Waals surface area contributed by atoms with E-state index >= 15 is 0 Å². The largest absolute Gasteiger partial charge is 0.462 e. The number of hydrogen-bond donors (Lipinski definition) is 0. The van der Waals surface area contributed by atoms with E-state index in [0.717, 1.165) is 161 Å². The first-order valence-corrected chi connectivity index (χ1v) is 30.0. The minimum absolute atomic E-state index is 0.0933. The smallest absolute Gasteiger partial charge is 0.306 e. The van der Waals surface area contributed by atoms with Gasteiger partial charge in [-0.05, 0) is 109 Å². The van der Waals surface area contributed by atoms with E-state index in [4.69, 9.17) is 14.2 Å². The fraction of sp³-hybridized carbons (Fsp3) is 0.657. The highest BCUT2D eigenvalue weighted by molar-refractivity contribution is 5.71. The minimum Gasteiger partial charge on any atom is -0.462 e. The number of ether oxygens (including phenoxy) is 3. The fourth-order valence-corrected chi connectivity index (χ4v) is 8.03.